The van der Waals surface area contributed by atoms with Gasteiger partial charge in [0.25, 0.3) is 0 Å². The Balaban J connectivity index is 1.56. The SMILES string of the molecule is O=C(CCN1C(=O)[C@H]2CC=CC[C@H]2C1=O)Oc1ccccc1. The van der Waals surface area contributed by atoms with E-state index in [0.717, 1.165) is 0 Å². The molecule has 1 aliphatic carbocycles. The summed E-state index contributed by atoms with van der Waals surface area (Å²) in [6.07, 6.45) is 5.12. The minimum absolute atomic E-state index is 0.0131. The number of rotatable bonds is 4. The smallest absolute Gasteiger partial charge is 0.312 e. The molecule has 1 heterocycles. The third-order valence-electron chi connectivity index (χ3n) is 4.11. The molecule has 2 aliphatic rings. The van der Waals surface area contributed by atoms with Crippen molar-refractivity contribution in [2.24, 2.45) is 11.8 Å². The number of carbonyl (C=O) groups is 3. The number of ether oxygens (including phenoxy) is 1. The van der Waals surface area contributed by atoms with Gasteiger partial charge in [0.15, 0.2) is 0 Å². The summed E-state index contributed by atoms with van der Waals surface area (Å²) in [7, 11) is 0. The molecule has 1 aliphatic heterocycles. The molecule has 0 aromatic heterocycles. The number of amides is 2. The summed E-state index contributed by atoms with van der Waals surface area (Å²) in [5.41, 5.74) is 0. The molecule has 0 radical (unpaired) electrons. The molecule has 2 atom stereocenters. The zero-order valence-corrected chi connectivity index (χ0v) is 12.1. The van der Waals surface area contributed by atoms with Crippen LogP contribution in [0.15, 0.2) is 42.5 Å². The van der Waals surface area contributed by atoms with Gasteiger partial charge in [0, 0.05) is 6.54 Å². The van der Waals surface area contributed by atoms with E-state index in [2.05, 4.69) is 0 Å². The lowest BCUT2D eigenvalue weighted by Crippen LogP contribution is -2.33. The number of benzene rings is 1. The number of likely N-dealkylation sites (tertiary alicyclic amines) is 1. The predicted octanol–water partition coefficient (Wildman–Crippen LogP) is 1.93. The quantitative estimate of drug-likeness (QED) is 0.369. The molecule has 1 aromatic carbocycles. The van der Waals surface area contributed by atoms with Gasteiger partial charge in [-0.15, -0.1) is 0 Å². The van der Waals surface area contributed by atoms with Gasteiger partial charge in [-0.05, 0) is 25.0 Å². The highest BCUT2D eigenvalue weighted by Gasteiger charge is 2.46. The van der Waals surface area contributed by atoms with E-state index >= 15 is 0 Å². The Kier molecular flexibility index (Phi) is 4.04. The van der Waals surface area contributed by atoms with Crippen molar-refractivity contribution in [1.82, 2.24) is 4.90 Å². The Morgan fingerprint density at radius 1 is 1.05 bits per heavy atom. The van der Waals surface area contributed by atoms with E-state index < -0.39 is 5.97 Å². The van der Waals surface area contributed by atoms with Crippen LogP contribution in [0.2, 0.25) is 0 Å². The first-order chi connectivity index (χ1) is 10.7. The Morgan fingerprint density at radius 3 is 2.23 bits per heavy atom. The van der Waals surface area contributed by atoms with Gasteiger partial charge < -0.3 is 4.74 Å². The van der Waals surface area contributed by atoms with Crippen molar-refractivity contribution in [1.29, 1.82) is 0 Å². The number of allylic oxidation sites excluding steroid dienone is 2. The molecule has 0 unspecified atom stereocenters. The van der Waals surface area contributed by atoms with Crippen molar-refractivity contribution < 1.29 is 19.1 Å². The molecule has 0 spiro atoms. The molecule has 22 heavy (non-hydrogen) atoms. The summed E-state index contributed by atoms with van der Waals surface area (Å²) < 4.78 is 5.16. The summed E-state index contributed by atoms with van der Waals surface area (Å²) in [6.45, 7) is 0.0936. The highest BCUT2D eigenvalue weighted by Crippen LogP contribution is 2.35. The lowest BCUT2D eigenvalue weighted by atomic mass is 9.85. The Labute approximate surface area is 128 Å². The molecule has 3 rings (SSSR count). The zero-order chi connectivity index (χ0) is 15.5. The monoisotopic (exact) mass is 299 g/mol. The standard InChI is InChI=1S/C17H17NO4/c19-15(22-12-6-2-1-3-7-12)10-11-18-16(20)13-8-4-5-9-14(13)17(18)21/h1-7,13-14H,8-11H2/t13-,14+. The summed E-state index contributed by atoms with van der Waals surface area (Å²) in [5.74, 6) is -0.798. The van der Waals surface area contributed by atoms with E-state index in [0.29, 0.717) is 18.6 Å². The minimum atomic E-state index is -0.445. The normalized spacial score (nSPS) is 23.5. The molecule has 5 nitrogen and oxygen atoms in total. The maximum absolute atomic E-state index is 12.2. The average Bonchev–Trinajstić information content (AvgIpc) is 2.78. The van der Waals surface area contributed by atoms with Crippen molar-refractivity contribution in [2.45, 2.75) is 19.3 Å². The molecular formula is C17H17NO4. The van der Waals surface area contributed by atoms with Gasteiger partial charge in [-0.25, -0.2) is 0 Å². The molecular weight excluding hydrogens is 282 g/mol. The highest BCUT2D eigenvalue weighted by atomic mass is 16.5. The number of hydrogen-bond acceptors (Lipinski definition) is 4. The van der Waals surface area contributed by atoms with Crippen LogP contribution < -0.4 is 4.74 Å². The summed E-state index contributed by atoms with van der Waals surface area (Å²) in [6, 6.07) is 8.74. The first-order valence-electron chi connectivity index (χ1n) is 7.43. The highest BCUT2D eigenvalue weighted by molar-refractivity contribution is 6.05. The number of nitrogens with zero attached hydrogens (tertiary/aromatic N) is 1. The van der Waals surface area contributed by atoms with Crippen LogP contribution in [-0.4, -0.2) is 29.2 Å². The Hall–Kier alpha value is -2.43. The number of hydrogen-bond donors (Lipinski definition) is 0. The van der Waals surface area contributed by atoms with Crippen LogP contribution in [0.3, 0.4) is 0 Å². The predicted molar refractivity (Wildman–Crippen MR) is 78.8 cm³/mol. The Bertz CT molecular complexity index is 597. The second-order valence-corrected chi connectivity index (χ2v) is 5.52. The van der Waals surface area contributed by atoms with Gasteiger partial charge in [0.1, 0.15) is 5.75 Å². The van der Waals surface area contributed by atoms with E-state index in [-0.39, 0.29) is 36.6 Å². The third-order valence-corrected chi connectivity index (χ3v) is 4.11. The van der Waals surface area contributed by atoms with Crippen molar-refractivity contribution in [3.8, 4) is 5.75 Å². The fourth-order valence-electron chi connectivity index (χ4n) is 2.96. The fourth-order valence-corrected chi connectivity index (χ4v) is 2.96. The van der Waals surface area contributed by atoms with Gasteiger partial charge in [-0.3, -0.25) is 19.3 Å². The molecule has 0 saturated carbocycles. The second kappa shape index (κ2) is 6.13. The van der Waals surface area contributed by atoms with Gasteiger partial charge >= 0.3 is 5.97 Å². The fraction of sp³-hybridized carbons (Fsp3) is 0.353. The number of imide groups is 1. The van der Waals surface area contributed by atoms with Gasteiger partial charge in [0.05, 0.1) is 18.3 Å². The number of esters is 1. The van der Waals surface area contributed by atoms with Gasteiger partial charge in [0.2, 0.25) is 11.8 Å². The van der Waals surface area contributed by atoms with Crippen molar-refractivity contribution in [2.75, 3.05) is 6.54 Å². The molecule has 2 amide bonds. The average molecular weight is 299 g/mol. The minimum Gasteiger partial charge on any atom is -0.426 e. The van der Waals surface area contributed by atoms with Crippen LogP contribution in [0.25, 0.3) is 0 Å². The van der Waals surface area contributed by atoms with Gasteiger partial charge in [-0.1, -0.05) is 30.4 Å². The van der Waals surface area contributed by atoms with E-state index in [1.807, 2.05) is 18.2 Å². The number of carbonyl (C=O) groups excluding carboxylic acids is 3. The van der Waals surface area contributed by atoms with E-state index in [1.54, 1.807) is 24.3 Å². The van der Waals surface area contributed by atoms with E-state index in [4.69, 9.17) is 4.74 Å². The molecule has 114 valence electrons. The van der Waals surface area contributed by atoms with E-state index in [9.17, 15) is 14.4 Å². The molecule has 0 bridgehead atoms. The topological polar surface area (TPSA) is 63.7 Å². The molecule has 0 N–H and O–H groups in total. The van der Waals surface area contributed by atoms with Crippen LogP contribution in [0.4, 0.5) is 0 Å². The maximum atomic E-state index is 12.2. The summed E-state index contributed by atoms with van der Waals surface area (Å²) >= 11 is 0. The lowest BCUT2D eigenvalue weighted by Gasteiger charge is -2.14. The molecule has 1 aromatic rings. The third kappa shape index (κ3) is 2.79. The number of fused-ring (bicyclic) bond motifs is 1. The molecule has 1 fully saturated rings. The van der Waals surface area contributed by atoms with Crippen LogP contribution >= 0.6 is 0 Å². The van der Waals surface area contributed by atoms with Crippen LogP contribution in [0, 0.1) is 11.8 Å². The van der Waals surface area contributed by atoms with Crippen LogP contribution in [-0.2, 0) is 14.4 Å². The largest absolute Gasteiger partial charge is 0.426 e. The van der Waals surface area contributed by atoms with E-state index in [1.165, 1.54) is 4.90 Å². The van der Waals surface area contributed by atoms with Crippen LogP contribution in [0.1, 0.15) is 19.3 Å². The number of para-hydroxylation sites is 1. The van der Waals surface area contributed by atoms with Gasteiger partial charge in [-0.2, -0.15) is 0 Å². The summed E-state index contributed by atoms with van der Waals surface area (Å²) in [4.78, 5) is 37.5. The van der Waals surface area contributed by atoms with Crippen LogP contribution in [0.5, 0.6) is 5.75 Å². The molecule has 5 heteroatoms. The molecule has 1 saturated heterocycles. The zero-order valence-electron chi connectivity index (χ0n) is 12.1. The first kappa shape index (κ1) is 14.5. The lowest BCUT2D eigenvalue weighted by molar-refractivity contribution is -0.141. The van der Waals surface area contributed by atoms with Crippen molar-refractivity contribution >= 4 is 17.8 Å². The second-order valence-electron chi connectivity index (χ2n) is 5.52. The Morgan fingerprint density at radius 2 is 1.64 bits per heavy atom. The maximum Gasteiger partial charge on any atom is 0.312 e. The van der Waals surface area contributed by atoms with Crippen molar-refractivity contribution in [3.05, 3.63) is 42.5 Å². The summed E-state index contributed by atoms with van der Waals surface area (Å²) in [5, 5.41) is 0. The van der Waals surface area contributed by atoms with Crippen molar-refractivity contribution in [3.63, 3.8) is 0 Å². The first-order valence-corrected chi connectivity index (χ1v) is 7.43.